The maximum Gasteiger partial charge on any atom is 0.123 e. The summed E-state index contributed by atoms with van der Waals surface area (Å²) in [5.74, 6) is 1.70. The van der Waals surface area contributed by atoms with Crippen LogP contribution in [0.5, 0.6) is 5.75 Å². The molecular formula is C13H18ClNO. The molecule has 1 N–H and O–H groups in total. The number of alkyl halides is 1. The monoisotopic (exact) mass is 239 g/mol. The van der Waals surface area contributed by atoms with Crippen LogP contribution in [0.2, 0.25) is 0 Å². The largest absolute Gasteiger partial charge is 0.488 e. The fraction of sp³-hybridized carbons (Fsp3) is 0.538. The Morgan fingerprint density at radius 1 is 1.50 bits per heavy atom. The van der Waals surface area contributed by atoms with Crippen molar-refractivity contribution in [1.82, 2.24) is 5.32 Å². The van der Waals surface area contributed by atoms with E-state index in [0.29, 0.717) is 11.9 Å². The van der Waals surface area contributed by atoms with Crippen LogP contribution in [-0.2, 0) is 6.42 Å². The van der Waals surface area contributed by atoms with Crippen molar-refractivity contribution >= 4 is 11.6 Å². The van der Waals surface area contributed by atoms with E-state index in [2.05, 4.69) is 24.4 Å². The smallest absolute Gasteiger partial charge is 0.123 e. The Morgan fingerprint density at radius 3 is 3.00 bits per heavy atom. The molecule has 1 aliphatic rings. The minimum absolute atomic E-state index is 0.259. The number of fused-ring (bicyclic) bond motifs is 1. The fourth-order valence-electron chi connectivity index (χ4n) is 1.97. The summed E-state index contributed by atoms with van der Waals surface area (Å²) >= 11 is 5.84. The van der Waals surface area contributed by atoms with Gasteiger partial charge in [-0.3, -0.25) is 0 Å². The lowest BCUT2D eigenvalue weighted by Crippen LogP contribution is -2.38. The van der Waals surface area contributed by atoms with Gasteiger partial charge in [0.15, 0.2) is 0 Å². The van der Waals surface area contributed by atoms with Crippen molar-refractivity contribution in [3.63, 3.8) is 0 Å². The van der Waals surface area contributed by atoms with Crippen LogP contribution >= 0.6 is 11.6 Å². The van der Waals surface area contributed by atoms with Crippen LogP contribution in [0.4, 0.5) is 0 Å². The van der Waals surface area contributed by atoms with Crippen molar-refractivity contribution in [3.05, 3.63) is 29.8 Å². The highest BCUT2D eigenvalue weighted by Crippen LogP contribution is 2.27. The average Bonchev–Trinajstić information content (AvgIpc) is 2.73. The third-order valence-corrected chi connectivity index (χ3v) is 3.40. The fourth-order valence-corrected chi connectivity index (χ4v) is 2.30. The number of halogens is 1. The van der Waals surface area contributed by atoms with Crippen LogP contribution in [0, 0.1) is 0 Å². The first-order valence-corrected chi connectivity index (χ1v) is 6.40. The van der Waals surface area contributed by atoms with Crippen molar-refractivity contribution in [3.8, 4) is 5.75 Å². The van der Waals surface area contributed by atoms with Crippen LogP contribution in [0.15, 0.2) is 24.3 Å². The molecule has 0 saturated heterocycles. The Balaban J connectivity index is 1.83. The standard InChI is InChI=1S/C13H18ClNO/c1-2-11(8-14)15-9-12-7-10-5-3-4-6-13(10)16-12/h3-6,11-12,15H,2,7-9H2,1H3. The summed E-state index contributed by atoms with van der Waals surface area (Å²) in [6.07, 6.45) is 2.32. The minimum atomic E-state index is 0.259. The Morgan fingerprint density at radius 2 is 2.31 bits per heavy atom. The Hall–Kier alpha value is -0.730. The van der Waals surface area contributed by atoms with Gasteiger partial charge in [0.2, 0.25) is 0 Å². The normalized spacial score (nSPS) is 20.2. The molecule has 88 valence electrons. The van der Waals surface area contributed by atoms with Crippen molar-refractivity contribution < 1.29 is 4.74 Å². The van der Waals surface area contributed by atoms with Gasteiger partial charge in [0.25, 0.3) is 0 Å². The zero-order chi connectivity index (χ0) is 11.4. The van der Waals surface area contributed by atoms with Crippen LogP contribution in [-0.4, -0.2) is 24.6 Å². The highest BCUT2D eigenvalue weighted by Gasteiger charge is 2.22. The van der Waals surface area contributed by atoms with Gasteiger partial charge < -0.3 is 10.1 Å². The van der Waals surface area contributed by atoms with Crippen LogP contribution in [0.25, 0.3) is 0 Å². The van der Waals surface area contributed by atoms with Gasteiger partial charge >= 0.3 is 0 Å². The quantitative estimate of drug-likeness (QED) is 0.798. The molecule has 1 heterocycles. The van der Waals surface area contributed by atoms with Gasteiger partial charge in [0, 0.05) is 24.9 Å². The molecule has 0 aromatic heterocycles. The molecule has 2 nitrogen and oxygen atoms in total. The predicted octanol–water partition coefficient (Wildman–Crippen LogP) is 2.60. The minimum Gasteiger partial charge on any atom is -0.488 e. The lowest BCUT2D eigenvalue weighted by molar-refractivity contribution is 0.222. The first kappa shape index (κ1) is 11.7. The van der Waals surface area contributed by atoms with E-state index in [1.54, 1.807) is 0 Å². The van der Waals surface area contributed by atoms with Crippen LogP contribution < -0.4 is 10.1 Å². The molecule has 0 fully saturated rings. The maximum atomic E-state index is 5.84. The molecule has 1 aliphatic heterocycles. The predicted molar refractivity (Wildman–Crippen MR) is 67.4 cm³/mol. The van der Waals surface area contributed by atoms with Gasteiger partial charge in [-0.05, 0) is 18.1 Å². The summed E-state index contributed by atoms with van der Waals surface area (Å²) in [5.41, 5.74) is 1.31. The van der Waals surface area contributed by atoms with E-state index in [0.717, 1.165) is 25.1 Å². The highest BCUT2D eigenvalue weighted by atomic mass is 35.5. The molecule has 0 saturated carbocycles. The number of hydrogen-bond acceptors (Lipinski definition) is 2. The summed E-state index contributed by atoms with van der Waals surface area (Å²) in [5, 5.41) is 3.44. The molecule has 0 radical (unpaired) electrons. The topological polar surface area (TPSA) is 21.3 Å². The van der Waals surface area contributed by atoms with Gasteiger partial charge in [-0.2, -0.15) is 0 Å². The third kappa shape index (κ3) is 2.69. The Labute approximate surface area is 102 Å². The second-order valence-electron chi connectivity index (χ2n) is 4.22. The number of para-hydroxylation sites is 1. The molecule has 2 atom stereocenters. The summed E-state index contributed by atoms with van der Waals surface area (Å²) in [6, 6.07) is 8.64. The van der Waals surface area contributed by atoms with E-state index >= 15 is 0 Å². The first-order chi connectivity index (χ1) is 7.83. The molecule has 1 aromatic rings. The molecule has 0 aliphatic carbocycles. The van der Waals surface area contributed by atoms with Gasteiger partial charge in [0.1, 0.15) is 11.9 Å². The summed E-state index contributed by atoms with van der Waals surface area (Å²) < 4.78 is 5.84. The van der Waals surface area contributed by atoms with Gasteiger partial charge in [0.05, 0.1) is 0 Å². The Kier molecular flexibility index (Phi) is 4.08. The molecule has 2 unspecified atom stereocenters. The molecule has 16 heavy (non-hydrogen) atoms. The SMILES string of the molecule is CCC(CCl)NCC1Cc2ccccc2O1. The lowest BCUT2D eigenvalue weighted by atomic mass is 10.1. The average molecular weight is 240 g/mol. The number of rotatable bonds is 5. The summed E-state index contributed by atoms with van der Waals surface area (Å²) in [6.45, 7) is 3.02. The highest BCUT2D eigenvalue weighted by molar-refractivity contribution is 6.18. The molecule has 0 amide bonds. The molecule has 0 spiro atoms. The van der Waals surface area contributed by atoms with Gasteiger partial charge in [-0.1, -0.05) is 25.1 Å². The van der Waals surface area contributed by atoms with E-state index < -0.39 is 0 Å². The number of nitrogens with one attached hydrogen (secondary N) is 1. The molecule has 2 rings (SSSR count). The van der Waals surface area contributed by atoms with Crippen LogP contribution in [0.1, 0.15) is 18.9 Å². The van der Waals surface area contributed by atoms with Crippen molar-refractivity contribution in [2.24, 2.45) is 0 Å². The van der Waals surface area contributed by atoms with E-state index in [4.69, 9.17) is 16.3 Å². The second kappa shape index (κ2) is 5.55. The zero-order valence-corrected chi connectivity index (χ0v) is 10.3. The maximum absolute atomic E-state index is 5.84. The third-order valence-electron chi connectivity index (χ3n) is 3.03. The summed E-state index contributed by atoms with van der Waals surface area (Å²) in [4.78, 5) is 0. The number of benzene rings is 1. The van der Waals surface area contributed by atoms with E-state index in [1.807, 2.05) is 12.1 Å². The van der Waals surface area contributed by atoms with Crippen molar-refractivity contribution in [1.29, 1.82) is 0 Å². The van der Waals surface area contributed by atoms with Crippen molar-refractivity contribution in [2.45, 2.75) is 31.9 Å². The summed E-state index contributed by atoms with van der Waals surface area (Å²) in [7, 11) is 0. The van der Waals surface area contributed by atoms with E-state index in [1.165, 1.54) is 5.56 Å². The zero-order valence-electron chi connectivity index (χ0n) is 9.58. The lowest BCUT2D eigenvalue weighted by Gasteiger charge is -2.17. The second-order valence-corrected chi connectivity index (χ2v) is 4.53. The van der Waals surface area contributed by atoms with E-state index in [-0.39, 0.29) is 6.10 Å². The van der Waals surface area contributed by atoms with Crippen LogP contribution in [0.3, 0.4) is 0 Å². The van der Waals surface area contributed by atoms with Gasteiger partial charge in [-0.15, -0.1) is 11.6 Å². The first-order valence-electron chi connectivity index (χ1n) is 5.87. The molecular weight excluding hydrogens is 222 g/mol. The number of hydrogen-bond donors (Lipinski definition) is 1. The molecule has 1 aromatic carbocycles. The van der Waals surface area contributed by atoms with Crippen molar-refractivity contribution in [2.75, 3.05) is 12.4 Å². The van der Waals surface area contributed by atoms with E-state index in [9.17, 15) is 0 Å². The number of ether oxygens (including phenoxy) is 1. The molecule has 3 heteroatoms. The van der Waals surface area contributed by atoms with Gasteiger partial charge in [-0.25, -0.2) is 0 Å². The molecule has 0 bridgehead atoms. The Bertz CT molecular complexity index is 313.